The van der Waals surface area contributed by atoms with Crippen LogP contribution in [0.25, 0.3) is 17.2 Å². The van der Waals surface area contributed by atoms with Crippen LogP contribution in [0.2, 0.25) is 0 Å². The minimum absolute atomic E-state index is 0.281. The minimum atomic E-state index is -0.281. The van der Waals surface area contributed by atoms with E-state index in [4.69, 9.17) is 4.74 Å². The van der Waals surface area contributed by atoms with Crippen LogP contribution in [0, 0.1) is 6.92 Å². The van der Waals surface area contributed by atoms with Crippen molar-refractivity contribution in [3.8, 4) is 11.1 Å². The Morgan fingerprint density at radius 2 is 1.59 bits per heavy atom. The molecule has 2 aromatic carbocycles. The molecule has 22 heavy (non-hydrogen) atoms. The van der Waals surface area contributed by atoms with Crippen LogP contribution in [0.3, 0.4) is 0 Å². The smallest absolute Gasteiger partial charge is 0.330 e. The van der Waals surface area contributed by atoms with Crippen LogP contribution >= 0.6 is 0 Å². The summed E-state index contributed by atoms with van der Waals surface area (Å²) in [5.74, 6) is -0.281. The highest BCUT2D eigenvalue weighted by molar-refractivity contribution is 5.87. The summed E-state index contributed by atoms with van der Waals surface area (Å²) < 4.78 is 5.08. The van der Waals surface area contributed by atoms with E-state index in [2.05, 4.69) is 50.2 Å². The Labute approximate surface area is 132 Å². The van der Waals surface area contributed by atoms with Gasteiger partial charge in [-0.15, -0.1) is 0 Å². The molecule has 0 fully saturated rings. The summed E-state index contributed by atoms with van der Waals surface area (Å²) in [5.41, 5.74) is 4.61. The number of benzene rings is 2. The van der Waals surface area contributed by atoms with Gasteiger partial charge in [-0.3, -0.25) is 0 Å². The van der Waals surface area contributed by atoms with Crippen molar-refractivity contribution in [1.82, 2.24) is 0 Å². The standard InChI is InChI=1S/C20H22O2/c1-3-4-15-22-20(21)14-9-17-7-12-19(13-8-17)18-10-5-16(2)6-11-18/h5-14H,3-4,15H2,1-2H3/b14-9+. The number of carbonyl (C=O) groups excluding carboxylic acids is 1. The first-order valence-corrected chi connectivity index (χ1v) is 7.71. The molecule has 114 valence electrons. The van der Waals surface area contributed by atoms with E-state index >= 15 is 0 Å². The van der Waals surface area contributed by atoms with Crippen molar-refractivity contribution in [3.05, 3.63) is 65.7 Å². The summed E-state index contributed by atoms with van der Waals surface area (Å²) in [6.07, 6.45) is 5.20. The van der Waals surface area contributed by atoms with Crippen molar-refractivity contribution < 1.29 is 9.53 Å². The first-order chi connectivity index (χ1) is 10.7. The average molecular weight is 294 g/mol. The quantitative estimate of drug-likeness (QED) is 0.425. The lowest BCUT2D eigenvalue weighted by molar-refractivity contribution is -0.137. The number of rotatable bonds is 6. The summed E-state index contributed by atoms with van der Waals surface area (Å²) in [6.45, 7) is 4.64. The number of ether oxygens (including phenoxy) is 1. The maximum absolute atomic E-state index is 11.5. The zero-order valence-corrected chi connectivity index (χ0v) is 13.2. The third-order valence-electron chi connectivity index (χ3n) is 3.45. The van der Waals surface area contributed by atoms with Crippen molar-refractivity contribution in [2.75, 3.05) is 6.61 Å². The van der Waals surface area contributed by atoms with E-state index in [0.717, 1.165) is 18.4 Å². The van der Waals surface area contributed by atoms with E-state index in [0.29, 0.717) is 6.61 Å². The van der Waals surface area contributed by atoms with Gasteiger partial charge in [0.15, 0.2) is 0 Å². The molecule has 0 N–H and O–H groups in total. The first-order valence-electron chi connectivity index (χ1n) is 7.71. The molecule has 2 heteroatoms. The van der Waals surface area contributed by atoms with Gasteiger partial charge < -0.3 is 4.74 Å². The van der Waals surface area contributed by atoms with Crippen LogP contribution < -0.4 is 0 Å². The van der Waals surface area contributed by atoms with E-state index in [1.54, 1.807) is 6.08 Å². The van der Waals surface area contributed by atoms with E-state index in [1.165, 1.54) is 22.8 Å². The van der Waals surface area contributed by atoms with Crippen LogP contribution in [0.5, 0.6) is 0 Å². The first kappa shape index (κ1) is 16.0. The molecule has 0 spiro atoms. The molecule has 0 saturated heterocycles. The molecule has 2 rings (SSSR count). The molecule has 0 saturated carbocycles. The van der Waals surface area contributed by atoms with Crippen molar-refractivity contribution in [2.45, 2.75) is 26.7 Å². The Balaban J connectivity index is 1.97. The largest absolute Gasteiger partial charge is 0.463 e. The molecule has 0 radical (unpaired) electrons. The van der Waals surface area contributed by atoms with E-state index < -0.39 is 0 Å². The maximum atomic E-state index is 11.5. The van der Waals surface area contributed by atoms with Crippen molar-refractivity contribution in [1.29, 1.82) is 0 Å². The van der Waals surface area contributed by atoms with Gasteiger partial charge in [-0.05, 0) is 36.1 Å². The predicted molar refractivity (Wildman–Crippen MR) is 91.5 cm³/mol. The van der Waals surface area contributed by atoms with Crippen molar-refractivity contribution >= 4 is 12.0 Å². The fourth-order valence-corrected chi connectivity index (χ4v) is 2.06. The second-order valence-corrected chi connectivity index (χ2v) is 5.34. The molecule has 0 aromatic heterocycles. The molecule has 0 bridgehead atoms. The van der Waals surface area contributed by atoms with Crippen molar-refractivity contribution in [2.24, 2.45) is 0 Å². The highest BCUT2D eigenvalue weighted by atomic mass is 16.5. The summed E-state index contributed by atoms with van der Waals surface area (Å²) in [6, 6.07) is 16.6. The van der Waals surface area contributed by atoms with Crippen LogP contribution in [-0.4, -0.2) is 12.6 Å². The molecule has 0 amide bonds. The number of hydrogen-bond donors (Lipinski definition) is 0. The van der Waals surface area contributed by atoms with Crippen molar-refractivity contribution in [3.63, 3.8) is 0 Å². The van der Waals surface area contributed by atoms with Gasteiger partial charge in [-0.25, -0.2) is 4.79 Å². The SMILES string of the molecule is CCCCOC(=O)/C=C/c1ccc(-c2ccc(C)cc2)cc1. The summed E-state index contributed by atoms with van der Waals surface area (Å²) in [7, 11) is 0. The summed E-state index contributed by atoms with van der Waals surface area (Å²) >= 11 is 0. The average Bonchev–Trinajstić information content (AvgIpc) is 2.54. The normalized spacial score (nSPS) is 10.8. The Bertz CT molecular complexity index is 622. The number of esters is 1. The lowest BCUT2D eigenvalue weighted by atomic mass is 10.0. The third-order valence-corrected chi connectivity index (χ3v) is 3.45. The van der Waals surface area contributed by atoms with Gasteiger partial charge >= 0.3 is 5.97 Å². The summed E-state index contributed by atoms with van der Waals surface area (Å²) in [5, 5.41) is 0. The van der Waals surface area contributed by atoms with E-state index in [-0.39, 0.29) is 5.97 Å². The van der Waals surface area contributed by atoms with E-state index in [9.17, 15) is 4.79 Å². The Morgan fingerprint density at radius 3 is 2.18 bits per heavy atom. The fraction of sp³-hybridized carbons (Fsp3) is 0.250. The van der Waals surface area contributed by atoms with Gasteiger partial charge in [0.2, 0.25) is 0 Å². The third kappa shape index (κ3) is 4.88. The van der Waals surface area contributed by atoms with Crippen LogP contribution in [0.1, 0.15) is 30.9 Å². The molecule has 0 aliphatic heterocycles. The zero-order chi connectivity index (χ0) is 15.8. The molecule has 0 heterocycles. The van der Waals surface area contributed by atoms with Crippen LogP contribution in [0.4, 0.5) is 0 Å². The van der Waals surface area contributed by atoms with Gasteiger partial charge in [-0.1, -0.05) is 67.4 Å². The second-order valence-electron chi connectivity index (χ2n) is 5.34. The van der Waals surface area contributed by atoms with Gasteiger partial charge in [0, 0.05) is 6.08 Å². The van der Waals surface area contributed by atoms with Crippen LogP contribution in [-0.2, 0) is 9.53 Å². The van der Waals surface area contributed by atoms with E-state index in [1.807, 2.05) is 12.1 Å². The maximum Gasteiger partial charge on any atom is 0.330 e. The fourth-order valence-electron chi connectivity index (χ4n) is 2.06. The minimum Gasteiger partial charge on any atom is -0.463 e. The molecule has 0 unspecified atom stereocenters. The van der Waals surface area contributed by atoms with Crippen LogP contribution in [0.15, 0.2) is 54.6 Å². The highest BCUT2D eigenvalue weighted by Crippen LogP contribution is 2.20. The molecular formula is C20H22O2. The second kappa shape index (κ2) is 8.18. The number of hydrogen-bond acceptors (Lipinski definition) is 2. The zero-order valence-electron chi connectivity index (χ0n) is 13.2. The lowest BCUT2D eigenvalue weighted by Crippen LogP contribution is -2.01. The predicted octanol–water partition coefficient (Wildman–Crippen LogP) is 5.02. The Hall–Kier alpha value is -2.35. The molecular weight excluding hydrogens is 272 g/mol. The molecule has 0 atom stereocenters. The molecule has 0 aliphatic carbocycles. The lowest BCUT2D eigenvalue weighted by Gasteiger charge is -2.03. The molecule has 2 nitrogen and oxygen atoms in total. The number of unbranched alkanes of at least 4 members (excludes halogenated alkanes) is 1. The molecule has 0 aliphatic rings. The molecule has 2 aromatic rings. The van der Waals surface area contributed by atoms with Gasteiger partial charge in [0.25, 0.3) is 0 Å². The highest BCUT2D eigenvalue weighted by Gasteiger charge is 1.98. The Morgan fingerprint density at radius 1 is 1.00 bits per heavy atom. The number of carbonyl (C=O) groups is 1. The van der Waals surface area contributed by atoms with Gasteiger partial charge in [0.05, 0.1) is 6.61 Å². The number of aryl methyl sites for hydroxylation is 1. The Kier molecular flexibility index (Phi) is 5.96. The monoisotopic (exact) mass is 294 g/mol. The topological polar surface area (TPSA) is 26.3 Å². The summed E-state index contributed by atoms with van der Waals surface area (Å²) in [4.78, 5) is 11.5. The van der Waals surface area contributed by atoms with Gasteiger partial charge in [-0.2, -0.15) is 0 Å². The van der Waals surface area contributed by atoms with Gasteiger partial charge in [0.1, 0.15) is 0 Å².